The minimum atomic E-state index is 0.437. The van der Waals surface area contributed by atoms with E-state index in [0.29, 0.717) is 6.54 Å². The van der Waals surface area contributed by atoms with E-state index < -0.39 is 0 Å². The predicted octanol–water partition coefficient (Wildman–Crippen LogP) is 1.11. The minimum Gasteiger partial charge on any atom is -0.191 e. The van der Waals surface area contributed by atoms with Crippen LogP contribution in [0.4, 0.5) is 0 Å². The molecule has 0 fully saturated rings. The first-order valence-electron chi connectivity index (χ1n) is 3.57. The largest absolute Gasteiger partial charge is 0.234 e. The Balaban J connectivity index is 3.01. The van der Waals surface area contributed by atoms with Gasteiger partial charge in [-0.2, -0.15) is 9.83 Å². The maximum atomic E-state index is 8.44. The highest BCUT2D eigenvalue weighted by molar-refractivity contribution is 5.08. The Kier molecular flexibility index (Phi) is 2.22. The predicted molar refractivity (Wildman–Crippen MR) is 41.7 cm³/mol. The fraction of sp³-hybridized carbons (Fsp3) is 0.333. The quantitative estimate of drug-likeness (QED) is 0.547. The molecule has 0 aliphatic carbocycles. The van der Waals surface area contributed by atoms with Crippen LogP contribution in [-0.4, -0.2) is 0 Å². The van der Waals surface area contributed by atoms with Crippen molar-refractivity contribution in [1.82, 2.24) is 0 Å². The standard InChI is InChI=1S/C9H11N2/c1-8-3-5-11(6-4-10)9(2)7-8/h3,5,7H,6H2,1-2H3/q+1. The average Bonchev–Trinajstić information content (AvgIpc) is 1.95. The van der Waals surface area contributed by atoms with E-state index in [-0.39, 0.29) is 0 Å². The monoisotopic (exact) mass is 147 g/mol. The fourth-order valence-corrected chi connectivity index (χ4v) is 1.04. The van der Waals surface area contributed by atoms with Crippen LogP contribution in [0, 0.1) is 25.2 Å². The Morgan fingerprint density at radius 1 is 1.55 bits per heavy atom. The fourth-order valence-electron chi connectivity index (χ4n) is 1.04. The summed E-state index contributed by atoms with van der Waals surface area (Å²) < 4.78 is 1.92. The molecule has 0 bridgehead atoms. The van der Waals surface area contributed by atoms with E-state index in [0.717, 1.165) is 5.69 Å². The second-order valence-electron chi connectivity index (χ2n) is 2.63. The Labute approximate surface area is 66.7 Å². The molecule has 0 aromatic carbocycles. The Morgan fingerprint density at radius 2 is 2.27 bits per heavy atom. The van der Waals surface area contributed by atoms with Gasteiger partial charge in [0, 0.05) is 19.1 Å². The topological polar surface area (TPSA) is 27.7 Å². The number of rotatable bonds is 1. The maximum absolute atomic E-state index is 8.44. The lowest BCUT2D eigenvalue weighted by molar-refractivity contribution is -0.691. The van der Waals surface area contributed by atoms with Gasteiger partial charge in [0.2, 0.25) is 6.54 Å². The number of nitrogens with zero attached hydrogens (tertiary/aromatic N) is 2. The summed E-state index contributed by atoms with van der Waals surface area (Å²) in [5.74, 6) is 0. The van der Waals surface area contributed by atoms with Crippen LogP contribution in [0.1, 0.15) is 11.3 Å². The Bertz CT molecular complexity index is 297. The van der Waals surface area contributed by atoms with E-state index in [1.807, 2.05) is 30.7 Å². The van der Waals surface area contributed by atoms with Crippen LogP contribution in [0.3, 0.4) is 0 Å². The number of aryl methyl sites for hydroxylation is 2. The molecule has 0 spiro atoms. The van der Waals surface area contributed by atoms with Crippen LogP contribution in [0.5, 0.6) is 0 Å². The summed E-state index contributed by atoms with van der Waals surface area (Å²) in [6, 6.07) is 6.18. The Morgan fingerprint density at radius 3 is 2.82 bits per heavy atom. The molecule has 56 valence electrons. The molecule has 0 aliphatic heterocycles. The number of nitriles is 1. The van der Waals surface area contributed by atoms with Gasteiger partial charge in [-0.05, 0) is 12.5 Å². The normalized spacial score (nSPS) is 9.18. The highest BCUT2D eigenvalue weighted by Crippen LogP contribution is 1.95. The molecular formula is C9H11N2+. The third-order valence-electron chi connectivity index (χ3n) is 1.65. The summed E-state index contributed by atoms with van der Waals surface area (Å²) in [6.07, 6.45) is 1.94. The lowest BCUT2D eigenvalue weighted by atomic mass is 10.2. The van der Waals surface area contributed by atoms with Gasteiger partial charge in [0.25, 0.3) is 0 Å². The van der Waals surface area contributed by atoms with Crippen molar-refractivity contribution >= 4 is 0 Å². The van der Waals surface area contributed by atoms with Crippen molar-refractivity contribution in [2.45, 2.75) is 20.4 Å². The van der Waals surface area contributed by atoms with Gasteiger partial charge < -0.3 is 0 Å². The zero-order valence-corrected chi connectivity index (χ0v) is 6.83. The molecule has 0 amide bonds. The van der Waals surface area contributed by atoms with E-state index >= 15 is 0 Å². The van der Waals surface area contributed by atoms with Gasteiger partial charge in [-0.15, -0.1) is 0 Å². The molecule has 0 atom stereocenters. The van der Waals surface area contributed by atoms with Crippen LogP contribution in [0.2, 0.25) is 0 Å². The third-order valence-corrected chi connectivity index (χ3v) is 1.65. The molecular weight excluding hydrogens is 136 g/mol. The lowest BCUT2D eigenvalue weighted by Crippen LogP contribution is -2.35. The van der Waals surface area contributed by atoms with Crippen molar-refractivity contribution in [3.63, 3.8) is 0 Å². The van der Waals surface area contributed by atoms with Crippen molar-refractivity contribution in [3.8, 4) is 6.07 Å². The number of aromatic nitrogens is 1. The molecule has 0 saturated carbocycles. The van der Waals surface area contributed by atoms with Gasteiger partial charge in [0.05, 0.1) is 0 Å². The van der Waals surface area contributed by atoms with Gasteiger partial charge in [0.15, 0.2) is 11.9 Å². The van der Waals surface area contributed by atoms with Gasteiger partial charge in [0.1, 0.15) is 6.07 Å². The second-order valence-corrected chi connectivity index (χ2v) is 2.63. The summed E-state index contributed by atoms with van der Waals surface area (Å²) in [6.45, 7) is 4.49. The smallest absolute Gasteiger partial charge is 0.191 e. The molecule has 0 N–H and O–H groups in total. The van der Waals surface area contributed by atoms with Crippen LogP contribution in [0.15, 0.2) is 18.3 Å². The van der Waals surface area contributed by atoms with E-state index in [9.17, 15) is 0 Å². The van der Waals surface area contributed by atoms with Gasteiger partial charge >= 0.3 is 0 Å². The molecule has 1 rings (SSSR count). The van der Waals surface area contributed by atoms with Crippen LogP contribution in [0.25, 0.3) is 0 Å². The highest BCUT2D eigenvalue weighted by Gasteiger charge is 2.02. The molecule has 0 aliphatic rings. The summed E-state index contributed by atoms with van der Waals surface area (Å²) in [4.78, 5) is 0. The zero-order chi connectivity index (χ0) is 8.27. The molecule has 11 heavy (non-hydrogen) atoms. The second kappa shape index (κ2) is 3.16. The van der Waals surface area contributed by atoms with Crippen molar-refractivity contribution in [2.24, 2.45) is 0 Å². The summed E-state index contributed by atoms with van der Waals surface area (Å²) in [5.41, 5.74) is 2.36. The minimum absolute atomic E-state index is 0.437. The Hall–Kier alpha value is -1.36. The average molecular weight is 147 g/mol. The summed E-state index contributed by atoms with van der Waals surface area (Å²) in [5, 5.41) is 8.44. The van der Waals surface area contributed by atoms with Crippen molar-refractivity contribution in [2.75, 3.05) is 0 Å². The number of hydrogen-bond acceptors (Lipinski definition) is 1. The van der Waals surface area contributed by atoms with Gasteiger partial charge in [-0.3, -0.25) is 0 Å². The molecule has 2 nitrogen and oxygen atoms in total. The molecule has 0 saturated heterocycles. The summed E-state index contributed by atoms with van der Waals surface area (Å²) in [7, 11) is 0. The van der Waals surface area contributed by atoms with Crippen LogP contribution >= 0.6 is 0 Å². The first kappa shape index (κ1) is 7.74. The van der Waals surface area contributed by atoms with Crippen LogP contribution < -0.4 is 4.57 Å². The third kappa shape index (κ3) is 1.78. The molecule has 1 aromatic rings. The van der Waals surface area contributed by atoms with Gasteiger partial charge in [-0.25, -0.2) is 0 Å². The van der Waals surface area contributed by atoms with Crippen molar-refractivity contribution in [1.29, 1.82) is 5.26 Å². The maximum Gasteiger partial charge on any atom is 0.234 e. The van der Waals surface area contributed by atoms with Crippen molar-refractivity contribution in [3.05, 3.63) is 29.6 Å². The molecule has 2 heteroatoms. The van der Waals surface area contributed by atoms with E-state index in [2.05, 4.69) is 12.1 Å². The first-order valence-corrected chi connectivity index (χ1v) is 3.57. The highest BCUT2D eigenvalue weighted by atomic mass is 14.9. The van der Waals surface area contributed by atoms with Crippen LogP contribution in [-0.2, 0) is 6.54 Å². The van der Waals surface area contributed by atoms with E-state index in [1.165, 1.54) is 5.56 Å². The SMILES string of the molecule is Cc1cc[n+](CC#N)c(C)c1. The molecule has 1 heterocycles. The zero-order valence-electron chi connectivity index (χ0n) is 6.83. The van der Waals surface area contributed by atoms with Gasteiger partial charge in [-0.1, -0.05) is 0 Å². The number of hydrogen-bond donors (Lipinski definition) is 0. The lowest BCUT2D eigenvalue weighted by Gasteiger charge is -1.95. The first-order chi connectivity index (χ1) is 5.24. The molecule has 0 radical (unpaired) electrons. The van der Waals surface area contributed by atoms with E-state index in [4.69, 9.17) is 5.26 Å². The van der Waals surface area contributed by atoms with E-state index in [1.54, 1.807) is 0 Å². The number of pyridine rings is 1. The summed E-state index contributed by atoms with van der Waals surface area (Å²) >= 11 is 0. The van der Waals surface area contributed by atoms with Crippen molar-refractivity contribution < 1.29 is 4.57 Å². The molecule has 0 unspecified atom stereocenters. The molecule has 1 aromatic heterocycles.